The molecule has 2 atom stereocenters. The Labute approximate surface area is 118 Å². The summed E-state index contributed by atoms with van der Waals surface area (Å²) >= 11 is 0. The van der Waals surface area contributed by atoms with Crippen molar-refractivity contribution in [1.82, 2.24) is 0 Å². The van der Waals surface area contributed by atoms with Crippen LogP contribution in [0.3, 0.4) is 0 Å². The summed E-state index contributed by atoms with van der Waals surface area (Å²) in [5.74, 6) is 1.64. The predicted octanol–water partition coefficient (Wildman–Crippen LogP) is 4.69. The van der Waals surface area contributed by atoms with Crippen LogP contribution in [0.5, 0.6) is 5.75 Å². The number of rotatable bonds is 9. The van der Waals surface area contributed by atoms with Crippen molar-refractivity contribution >= 4 is 0 Å². The second-order valence-corrected chi connectivity index (χ2v) is 5.31. The lowest BCUT2D eigenvalue weighted by molar-refractivity contribution is 0.233. The second-order valence-electron chi connectivity index (χ2n) is 5.31. The molecule has 1 aromatic carbocycles. The average molecular weight is 263 g/mol. The van der Waals surface area contributed by atoms with Crippen LogP contribution in [0, 0.1) is 5.92 Å². The highest BCUT2D eigenvalue weighted by molar-refractivity contribution is 5.28. The number of benzene rings is 1. The Kier molecular flexibility index (Phi) is 7.57. The van der Waals surface area contributed by atoms with Crippen LogP contribution < -0.4 is 10.5 Å². The molecule has 2 nitrogen and oxygen atoms in total. The molecule has 0 spiro atoms. The lowest BCUT2D eigenvalue weighted by Gasteiger charge is -2.16. The van der Waals surface area contributed by atoms with Gasteiger partial charge in [0.25, 0.3) is 0 Å². The molecule has 0 saturated carbocycles. The summed E-state index contributed by atoms with van der Waals surface area (Å²) in [6.45, 7) is 7.42. The van der Waals surface area contributed by atoms with Gasteiger partial charge in [-0.15, -0.1) is 0 Å². The first kappa shape index (κ1) is 16.0. The van der Waals surface area contributed by atoms with E-state index in [0.29, 0.717) is 5.92 Å². The van der Waals surface area contributed by atoms with E-state index in [2.05, 4.69) is 32.9 Å². The number of hydrogen-bond acceptors (Lipinski definition) is 2. The van der Waals surface area contributed by atoms with Gasteiger partial charge in [0.05, 0.1) is 6.61 Å². The van der Waals surface area contributed by atoms with Crippen molar-refractivity contribution in [3.8, 4) is 5.75 Å². The van der Waals surface area contributed by atoms with E-state index in [1.165, 1.54) is 31.2 Å². The fraction of sp³-hybridized carbons (Fsp3) is 0.647. The summed E-state index contributed by atoms with van der Waals surface area (Å²) in [5, 5.41) is 0. The molecule has 0 bridgehead atoms. The van der Waals surface area contributed by atoms with Crippen molar-refractivity contribution in [1.29, 1.82) is 0 Å². The van der Waals surface area contributed by atoms with Crippen molar-refractivity contribution in [2.24, 2.45) is 11.7 Å². The second kappa shape index (κ2) is 8.98. The SMILES string of the molecule is CCCCC(CC)COc1ccc([C@H](N)CC)cc1. The van der Waals surface area contributed by atoms with E-state index in [9.17, 15) is 0 Å². The van der Waals surface area contributed by atoms with Crippen LogP contribution in [-0.4, -0.2) is 6.61 Å². The van der Waals surface area contributed by atoms with Gasteiger partial charge in [-0.25, -0.2) is 0 Å². The van der Waals surface area contributed by atoms with Gasteiger partial charge in [0, 0.05) is 6.04 Å². The monoisotopic (exact) mass is 263 g/mol. The van der Waals surface area contributed by atoms with Crippen molar-refractivity contribution < 1.29 is 4.74 Å². The van der Waals surface area contributed by atoms with Crippen LogP contribution in [0.2, 0.25) is 0 Å². The average Bonchev–Trinajstić information content (AvgIpc) is 2.47. The fourth-order valence-corrected chi connectivity index (χ4v) is 2.16. The highest BCUT2D eigenvalue weighted by Gasteiger charge is 2.07. The van der Waals surface area contributed by atoms with Gasteiger partial charge in [0.1, 0.15) is 5.75 Å². The maximum absolute atomic E-state index is 6.00. The van der Waals surface area contributed by atoms with Crippen LogP contribution in [0.4, 0.5) is 0 Å². The van der Waals surface area contributed by atoms with Crippen LogP contribution in [0.1, 0.15) is 64.5 Å². The fourth-order valence-electron chi connectivity index (χ4n) is 2.16. The Morgan fingerprint density at radius 2 is 1.74 bits per heavy atom. The van der Waals surface area contributed by atoms with Crippen LogP contribution in [-0.2, 0) is 0 Å². The van der Waals surface area contributed by atoms with E-state index < -0.39 is 0 Å². The van der Waals surface area contributed by atoms with E-state index in [1.54, 1.807) is 0 Å². The van der Waals surface area contributed by atoms with Crippen LogP contribution in [0.15, 0.2) is 24.3 Å². The maximum atomic E-state index is 6.00. The highest BCUT2D eigenvalue weighted by Crippen LogP contribution is 2.20. The Hall–Kier alpha value is -1.02. The minimum Gasteiger partial charge on any atom is -0.493 e. The van der Waals surface area contributed by atoms with Gasteiger partial charge < -0.3 is 10.5 Å². The highest BCUT2D eigenvalue weighted by atomic mass is 16.5. The van der Waals surface area contributed by atoms with E-state index in [0.717, 1.165) is 18.8 Å². The largest absolute Gasteiger partial charge is 0.493 e. The molecule has 0 saturated heterocycles. The molecule has 1 aromatic rings. The lowest BCUT2D eigenvalue weighted by Crippen LogP contribution is -2.11. The minimum absolute atomic E-state index is 0.141. The molecule has 1 unspecified atom stereocenters. The van der Waals surface area contributed by atoms with E-state index in [4.69, 9.17) is 10.5 Å². The summed E-state index contributed by atoms with van der Waals surface area (Å²) in [6, 6.07) is 8.38. The van der Waals surface area contributed by atoms with E-state index in [-0.39, 0.29) is 6.04 Å². The first-order chi connectivity index (χ1) is 9.21. The van der Waals surface area contributed by atoms with E-state index >= 15 is 0 Å². The smallest absolute Gasteiger partial charge is 0.119 e. The molecule has 108 valence electrons. The summed E-state index contributed by atoms with van der Waals surface area (Å²) in [6.07, 6.45) is 5.99. The summed E-state index contributed by atoms with van der Waals surface area (Å²) < 4.78 is 5.88. The quantitative estimate of drug-likeness (QED) is 0.701. The molecule has 0 aliphatic heterocycles. The number of unbranched alkanes of at least 4 members (excludes halogenated alkanes) is 1. The zero-order valence-electron chi connectivity index (χ0n) is 12.7. The van der Waals surface area contributed by atoms with Crippen molar-refractivity contribution in [2.45, 2.75) is 58.9 Å². The third-order valence-electron chi connectivity index (χ3n) is 3.78. The number of hydrogen-bond donors (Lipinski definition) is 1. The topological polar surface area (TPSA) is 35.2 Å². The Balaban J connectivity index is 2.44. The van der Waals surface area contributed by atoms with Crippen molar-refractivity contribution in [2.75, 3.05) is 6.61 Å². The van der Waals surface area contributed by atoms with Gasteiger partial charge in [0.2, 0.25) is 0 Å². The maximum Gasteiger partial charge on any atom is 0.119 e. The molecule has 2 N–H and O–H groups in total. The third kappa shape index (κ3) is 5.65. The first-order valence-corrected chi connectivity index (χ1v) is 7.69. The molecule has 0 aromatic heterocycles. The third-order valence-corrected chi connectivity index (χ3v) is 3.78. The molecular weight excluding hydrogens is 234 g/mol. The standard InChI is InChI=1S/C17H29NO/c1-4-7-8-14(5-2)13-19-16-11-9-15(10-12-16)17(18)6-3/h9-12,14,17H,4-8,13,18H2,1-3H3/t14?,17-/m1/s1. The van der Waals surface area contributed by atoms with Gasteiger partial charge >= 0.3 is 0 Å². The lowest BCUT2D eigenvalue weighted by atomic mass is 10.0. The molecule has 0 aliphatic rings. The molecule has 19 heavy (non-hydrogen) atoms. The zero-order chi connectivity index (χ0) is 14.1. The van der Waals surface area contributed by atoms with Gasteiger partial charge in [-0.2, -0.15) is 0 Å². The Morgan fingerprint density at radius 3 is 2.26 bits per heavy atom. The van der Waals surface area contributed by atoms with Gasteiger partial charge in [-0.3, -0.25) is 0 Å². The summed E-state index contributed by atoms with van der Waals surface area (Å²) in [4.78, 5) is 0. The van der Waals surface area contributed by atoms with Gasteiger partial charge in [-0.1, -0.05) is 52.2 Å². The molecule has 0 heterocycles. The molecule has 2 heteroatoms. The molecule has 0 radical (unpaired) electrons. The summed E-state index contributed by atoms with van der Waals surface area (Å²) in [5.41, 5.74) is 7.19. The van der Waals surface area contributed by atoms with E-state index in [1.807, 2.05) is 12.1 Å². The number of nitrogens with two attached hydrogens (primary N) is 1. The molecule has 0 amide bonds. The molecule has 1 rings (SSSR count). The molecular formula is C17H29NO. The Bertz CT molecular complexity index is 334. The van der Waals surface area contributed by atoms with Crippen molar-refractivity contribution in [3.63, 3.8) is 0 Å². The predicted molar refractivity (Wildman–Crippen MR) is 82.5 cm³/mol. The molecule has 0 fully saturated rings. The van der Waals surface area contributed by atoms with Crippen LogP contribution in [0.25, 0.3) is 0 Å². The van der Waals surface area contributed by atoms with Crippen LogP contribution >= 0.6 is 0 Å². The van der Waals surface area contributed by atoms with Crippen molar-refractivity contribution in [3.05, 3.63) is 29.8 Å². The molecule has 0 aliphatic carbocycles. The van der Waals surface area contributed by atoms with Gasteiger partial charge in [-0.05, 0) is 36.5 Å². The Morgan fingerprint density at radius 1 is 1.05 bits per heavy atom. The number of ether oxygens (including phenoxy) is 1. The minimum atomic E-state index is 0.141. The zero-order valence-corrected chi connectivity index (χ0v) is 12.7. The summed E-state index contributed by atoms with van der Waals surface area (Å²) in [7, 11) is 0. The normalized spacial score (nSPS) is 14.1. The van der Waals surface area contributed by atoms with Gasteiger partial charge in [0.15, 0.2) is 0 Å². The first-order valence-electron chi connectivity index (χ1n) is 7.69.